The lowest BCUT2D eigenvalue weighted by atomic mass is 10.1. The fourth-order valence-corrected chi connectivity index (χ4v) is 2.86. The lowest BCUT2D eigenvalue weighted by Crippen LogP contribution is -2.24. The van der Waals surface area contributed by atoms with E-state index in [1.165, 1.54) is 6.92 Å². The van der Waals surface area contributed by atoms with Crippen molar-refractivity contribution in [3.8, 4) is 0 Å². The van der Waals surface area contributed by atoms with Crippen LogP contribution in [-0.4, -0.2) is 30.7 Å². The zero-order chi connectivity index (χ0) is 18.5. The van der Waals surface area contributed by atoms with E-state index in [0.717, 1.165) is 24.3 Å². The van der Waals surface area contributed by atoms with E-state index in [0.29, 0.717) is 17.7 Å². The van der Waals surface area contributed by atoms with Crippen LogP contribution in [0.5, 0.6) is 0 Å². The zero-order valence-electron chi connectivity index (χ0n) is 14.6. The molecule has 2 aromatic carbocycles. The molecule has 1 heterocycles. The smallest absolute Gasteiger partial charge is 0.243 e. The molecular formula is C20H21N3O3. The Morgan fingerprint density at radius 3 is 2.23 bits per heavy atom. The summed E-state index contributed by atoms with van der Waals surface area (Å²) in [5.41, 5.74) is 2.94. The molecule has 26 heavy (non-hydrogen) atoms. The molecule has 0 aromatic heterocycles. The van der Waals surface area contributed by atoms with E-state index >= 15 is 0 Å². The van der Waals surface area contributed by atoms with E-state index in [4.69, 9.17) is 0 Å². The third-order valence-corrected chi connectivity index (χ3v) is 4.28. The Labute approximate surface area is 152 Å². The maximum atomic E-state index is 12.1. The minimum atomic E-state index is -0.175. The van der Waals surface area contributed by atoms with Crippen molar-refractivity contribution in [2.45, 2.75) is 19.8 Å². The number of nitrogens with zero attached hydrogens (tertiary/aromatic N) is 1. The molecule has 1 aliphatic heterocycles. The molecule has 2 N–H and O–H groups in total. The van der Waals surface area contributed by atoms with Gasteiger partial charge in [-0.15, -0.1) is 0 Å². The average Bonchev–Trinajstić information content (AvgIpc) is 3.07. The number of ketones is 1. The summed E-state index contributed by atoms with van der Waals surface area (Å²) in [6.45, 7) is 2.38. The maximum Gasteiger partial charge on any atom is 0.243 e. The number of nitrogens with one attached hydrogen (secondary N) is 2. The predicted octanol–water partition coefficient (Wildman–Crippen LogP) is 3.07. The van der Waals surface area contributed by atoms with Gasteiger partial charge in [-0.05, 0) is 61.9 Å². The van der Waals surface area contributed by atoms with E-state index in [2.05, 4.69) is 10.6 Å². The van der Waals surface area contributed by atoms with Crippen LogP contribution in [0.1, 0.15) is 30.1 Å². The summed E-state index contributed by atoms with van der Waals surface area (Å²) in [5.74, 6) is -0.0270. The third-order valence-electron chi connectivity index (χ3n) is 4.28. The molecule has 0 atom stereocenters. The third kappa shape index (κ3) is 4.27. The Balaban J connectivity index is 1.51. The highest BCUT2D eigenvalue weighted by atomic mass is 16.2. The first-order valence-electron chi connectivity index (χ1n) is 8.58. The number of rotatable bonds is 6. The lowest BCUT2D eigenvalue weighted by molar-refractivity contribution is -0.117. The largest absolute Gasteiger partial charge is 0.376 e. The van der Waals surface area contributed by atoms with Gasteiger partial charge in [-0.3, -0.25) is 14.4 Å². The predicted molar refractivity (Wildman–Crippen MR) is 102 cm³/mol. The lowest BCUT2D eigenvalue weighted by Gasteiger charge is -2.16. The summed E-state index contributed by atoms with van der Waals surface area (Å²) in [6.07, 6.45) is 1.48. The van der Waals surface area contributed by atoms with Gasteiger partial charge >= 0.3 is 0 Å². The summed E-state index contributed by atoms with van der Waals surface area (Å²) in [4.78, 5) is 36.8. The summed E-state index contributed by atoms with van der Waals surface area (Å²) in [7, 11) is 0. The normalized spacial score (nSPS) is 13.6. The second-order valence-electron chi connectivity index (χ2n) is 6.23. The van der Waals surface area contributed by atoms with Crippen LogP contribution in [0, 0.1) is 0 Å². The van der Waals surface area contributed by atoms with Gasteiger partial charge in [0.15, 0.2) is 5.78 Å². The Bertz CT molecular complexity index is 813. The van der Waals surface area contributed by atoms with Crippen molar-refractivity contribution in [1.29, 1.82) is 0 Å². The first-order valence-corrected chi connectivity index (χ1v) is 8.58. The zero-order valence-corrected chi connectivity index (χ0v) is 14.6. The molecule has 0 spiro atoms. The standard InChI is InChI=1S/C20H21N3O3/c1-14(24)15-4-6-16(7-5-15)21-13-19(25)22-17-8-10-18(11-9-17)23-12-2-3-20(23)26/h4-11,21H,2-3,12-13H2,1H3,(H,22,25). The number of Topliss-reactive ketones (excluding diaryl/α,β-unsaturated/α-hetero) is 1. The first kappa shape index (κ1) is 17.7. The molecule has 2 amide bonds. The molecule has 0 bridgehead atoms. The van der Waals surface area contributed by atoms with Crippen molar-refractivity contribution in [1.82, 2.24) is 0 Å². The Morgan fingerprint density at radius 1 is 1.00 bits per heavy atom. The van der Waals surface area contributed by atoms with Gasteiger partial charge in [0.25, 0.3) is 0 Å². The van der Waals surface area contributed by atoms with Crippen LogP contribution >= 0.6 is 0 Å². The number of anilines is 3. The van der Waals surface area contributed by atoms with Crippen LogP contribution in [0.15, 0.2) is 48.5 Å². The number of hydrogen-bond donors (Lipinski definition) is 2. The molecule has 0 aliphatic carbocycles. The second kappa shape index (κ2) is 7.82. The number of carbonyl (C=O) groups is 3. The molecule has 1 fully saturated rings. The maximum absolute atomic E-state index is 12.1. The Morgan fingerprint density at radius 2 is 1.65 bits per heavy atom. The van der Waals surface area contributed by atoms with E-state index in [1.54, 1.807) is 41.3 Å². The highest BCUT2D eigenvalue weighted by Gasteiger charge is 2.21. The highest BCUT2D eigenvalue weighted by Crippen LogP contribution is 2.23. The van der Waals surface area contributed by atoms with Crippen LogP contribution < -0.4 is 15.5 Å². The van der Waals surface area contributed by atoms with Crippen molar-refractivity contribution in [3.63, 3.8) is 0 Å². The first-order chi connectivity index (χ1) is 12.5. The SMILES string of the molecule is CC(=O)c1ccc(NCC(=O)Nc2ccc(N3CCCC3=O)cc2)cc1. The van der Waals surface area contributed by atoms with E-state index in [-0.39, 0.29) is 24.1 Å². The molecule has 2 aromatic rings. The molecule has 3 rings (SSSR count). The van der Waals surface area contributed by atoms with Gasteiger partial charge in [0.2, 0.25) is 11.8 Å². The van der Waals surface area contributed by atoms with Crippen molar-refractivity contribution >= 4 is 34.7 Å². The summed E-state index contributed by atoms with van der Waals surface area (Å²) in [5, 5.41) is 5.83. The summed E-state index contributed by atoms with van der Waals surface area (Å²) in [6, 6.07) is 14.3. The Hall–Kier alpha value is -3.15. The van der Waals surface area contributed by atoms with Crippen LogP contribution in [0.3, 0.4) is 0 Å². The quantitative estimate of drug-likeness (QED) is 0.784. The van der Waals surface area contributed by atoms with Crippen molar-refractivity contribution in [2.24, 2.45) is 0 Å². The van der Waals surface area contributed by atoms with Crippen molar-refractivity contribution in [2.75, 3.05) is 28.6 Å². The molecule has 134 valence electrons. The molecule has 0 unspecified atom stereocenters. The average molecular weight is 351 g/mol. The highest BCUT2D eigenvalue weighted by molar-refractivity contribution is 5.97. The molecule has 0 radical (unpaired) electrons. The fourth-order valence-electron chi connectivity index (χ4n) is 2.86. The van der Waals surface area contributed by atoms with Crippen LogP contribution in [0.2, 0.25) is 0 Å². The summed E-state index contributed by atoms with van der Waals surface area (Å²) < 4.78 is 0. The number of amides is 2. The number of hydrogen-bond acceptors (Lipinski definition) is 4. The minimum Gasteiger partial charge on any atom is -0.376 e. The van der Waals surface area contributed by atoms with E-state index in [9.17, 15) is 14.4 Å². The molecule has 6 nitrogen and oxygen atoms in total. The molecule has 0 saturated carbocycles. The fraction of sp³-hybridized carbons (Fsp3) is 0.250. The van der Waals surface area contributed by atoms with Crippen LogP contribution in [0.4, 0.5) is 17.1 Å². The number of carbonyl (C=O) groups excluding carboxylic acids is 3. The van der Waals surface area contributed by atoms with Gasteiger partial charge in [-0.2, -0.15) is 0 Å². The minimum absolute atomic E-state index is 0.00775. The summed E-state index contributed by atoms with van der Waals surface area (Å²) >= 11 is 0. The van der Waals surface area contributed by atoms with Gasteiger partial charge in [-0.1, -0.05) is 0 Å². The van der Waals surface area contributed by atoms with Gasteiger partial charge in [0.1, 0.15) is 0 Å². The van der Waals surface area contributed by atoms with E-state index in [1.807, 2.05) is 12.1 Å². The molecule has 1 aliphatic rings. The molecular weight excluding hydrogens is 330 g/mol. The number of benzene rings is 2. The monoisotopic (exact) mass is 351 g/mol. The van der Waals surface area contributed by atoms with Gasteiger partial charge in [0.05, 0.1) is 6.54 Å². The van der Waals surface area contributed by atoms with E-state index < -0.39 is 0 Å². The van der Waals surface area contributed by atoms with Crippen molar-refractivity contribution < 1.29 is 14.4 Å². The molecule has 1 saturated heterocycles. The molecule has 6 heteroatoms. The van der Waals surface area contributed by atoms with Gasteiger partial charge < -0.3 is 15.5 Å². The van der Waals surface area contributed by atoms with Gasteiger partial charge in [0, 0.05) is 35.6 Å². The Kier molecular flexibility index (Phi) is 5.31. The second-order valence-corrected chi connectivity index (χ2v) is 6.23. The van der Waals surface area contributed by atoms with Gasteiger partial charge in [-0.25, -0.2) is 0 Å². The van der Waals surface area contributed by atoms with Crippen molar-refractivity contribution in [3.05, 3.63) is 54.1 Å². The van der Waals surface area contributed by atoms with Crippen LogP contribution in [-0.2, 0) is 9.59 Å². The van der Waals surface area contributed by atoms with Crippen LogP contribution in [0.25, 0.3) is 0 Å². The topological polar surface area (TPSA) is 78.5 Å².